The lowest BCUT2D eigenvalue weighted by molar-refractivity contribution is -0.141. The number of hydrogen-bond acceptors (Lipinski definition) is 3. The maximum Gasteiger partial charge on any atom is 0.248 e. The molecular weight excluding hydrogens is 397 g/mol. The largest absolute Gasteiger partial charge is 0.333 e. The van der Waals surface area contributed by atoms with Gasteiger partial charge in [0.25, 0.3) is 0 Å². The molecule has 3 amide bonds. The number of anilines is 1. The van der Waals surface area contributed by atoms with Gasteiger partial charge in [0.05, 0.1) is 6.54 Å². The fourth-order valence-electron chi connectivity index (χ4n) is 4.01. The lowest BCUT2D eigenvalue weighted by atomic mass is 9.84. The topological polar surface area (TPSA) is 60.9 Å². The van der Waals surface area contributed by atoms with Gasteiger partial charge in [0.1, 0.15) is 19.0 Å². The molecule has 1 atom stereocenters. The Bertz CT molecular complexity index is 773. The average molecular weight is 434 g/mol. The van der Waals surface area contributed by atoms with Gasteiger partial charge in [-0.15, -0.1) is 0 Å². The van der Waals surface area contributed by atoms with Gasteiger partial charge in [-0.1, -0.05) is 41.0 Å². The molecule has 1 aromatic rings. The van der Waals surface area contributed by atoms with E-state index in [0.717, 1.165) is 19.3 Å². The van der Waals surface area contributed by atoms with Gasteiger partial charge in [-0.2, -0.15) is 0 Å². The van der Waals surface area contributed by atoms with Crippen LogP contribution < -0.4 is 4.90 Å². The van der Waals surface area contributed by atoms with E-state index in [9.17, 15) is 18.8 Å². The van der Waals surface area contributed by atoms with E-state index in [2.05, 4.69) is 27.7 Å². The van der Waals surface area contributed by atoms with E-state index in [4.69, 9.17) is 0 Å². The van der Waals surface area contributed by atoms with E-state index < -0.39 is 0 Å². The molecule has 0 saturated carbocycles. The van der Waals surface area contributed by atoms with Gasteiger partial charge in [0.15, 0.2) is 0 Å². The van der Waals surface area contributed by atoms with Crippen molar-refractivity contribution in [2.24, 2.45) is 11.3 Å². The predicted molar refractivity (Wildman–Crippen MR) is 120 cm³/mol. The van der Waals surface area contributed by atoms with Crippen molar-refractivity contribution >= 4 is 23.4 Å². The fraction of sp³-hybridized carbons (Fsp3) is 0.625. The number of nitrogens with zero attached hydrogens (tertiary/aromatic N) is 3. The Balaban J connectivity index is 2.00. The summed E-state index contributed by atoms with van der Waals surface area (Å²) in [5, 5.41) is 0. The van der Waals surface area contributed by atoms with Crippen LogP contribution in [0.1, 0.15) is 60.3 Å². The zero-order valence-corrected chi connectivity index (χ0v) is 19.5. The highest BCUT2D eigenvalue weighted by Crippen LogP contribution is 2.26. The van der Waals surface area contributed by atoms with E-state index >= 15 is 0 Å². The van der Waals surface area contributed by atoms with Gasteiger partial charge < -0.3 is 9.80 Å². The summed E-state index contributed by atoms with van der Waals surface area (Å²) >= 11 is 0. The minimum atomic E-state index is -0.380. The molecule has 0 bridgehead atoms. The van der Waals surface area contributed by atoms with Crippen molar-refractivity contribution in [2.45, 2.75) is 60.3 Å². The van der Waals surface area contributed by atoms with Crippen LogP contribution in [-0.4, -0.2) is 53.8 Å². The van der Waals surface area contributed by atoms with Crippen LogP contribution in [0.25, 0.3) is 0 Å². The van der Waals surface area contributed by atoms with Crippen molar-refractivity contribution in [3.05, 3.63) is 30.1 Å². The Labute approximate surface area is 185 Å². The fourth-order valence-corrected chi connectivity index (χ4v) is 4.01. The lowest BCUT2D eigenvalue weighted by Crippen LogP contribution is -2.43. The molecule has 0 N–H and O–H groups in total. The number of amides is 3. The maximum atomic E-state index is 13.2. The van der Waals surface area contributed by atoms with Gasteiger partial charge in [-0.25, -0.2) is 4.39 Å². The zero-order valence-electron chi connectivity index (χ0n) is 19.5. The van der Waals surface area contributed by atoms with E-state index in [1.807, 2.05) is 6.92 Å². The van der Waals surface area contributed by atoms with Gasteiger partial charge in [0, 0.05) is 18.7 Å². The monoisotopic (exact) mass is 433 g/mol. The Morgan fingerprint density at radius 2 is 1.84 bits per heavy atom. The molecule has 0 aromatic heterocycles. The summed E-state index contributed by atoms with van der Waals surface area (Å²) in [5.74, 6) is -0.626. The van der Waals surface area contributed by atoms with Crippen LogP contribution in [0.5, 0.6) is 0 Å². The van der Waals surface area contributed by atoms with Crippen molar-refractivity contribution in [3.63, 3.8) is 0 Å². The van der Waals surface area contributed by atoms with Crippen molar-refractivity contribution < 1.29 is 18.8 Å². The molecule has 0 radical (unpaired) electrons. The second-order valence-corrected chi connectivity index (χ2v) is 9.77. The second kappa shape index (κ2) is 10.7. The second-order valence-electron chi connectivity index (χ2n) is 9.77. The maximum absolute atomic E-state index is 13.2. The first-order chi connectivity index (χ1) is 14.5. The third-order valence-corrected chi connectivity index (χ3v) is 5.37. The molecule has 1 fully saturated rings. The first-order valence-corrected chi connectivity index (χ1v) is 11.1. The first-order valence-electron chi connectivity index (χ1n) is 11.1. The number of benzene rings is 1. The third-order valence-electron chi connectivity index (χ3n) is 5.37. The quantitative estimate of drug-likeness (QED) is 0.590. The minimum Gasteiger partial charge on any atom is -0.333 e. The summed E-state index contributed by atoms with van der Waals surface area (Å²) < 4.78 is 13.2. The van der Waals surface area contributed by atoms with Crippen LogP contribution in [0.15, 0.2) is 24.3 Å². The standard InChI is InChI=1S/C24H36FN3O3/c1-6-7-12-26(21(29)13-18(2)14-24(3,4)5)15-22(30)27-16-23(31)28(17-27)20-10-8-19(25)9-11-20/h8-11,18H,6-7,12-17H2,1-5H3/t18-/m0/s1. The molecule has 0 unspecified atom stereocenters. The number of hydrogen-bond donors (Lipinski definition) is 0. The molecule has 172 valence electrons. The van der Waals surface area contributed by atoms with Crippen LogP contribution in [0, 0.1) is 17.2 Å². The van der Waals surface area contributed by atoms with Gasteiger partial charge in [0.2, 0.25) is 17.7 Å². The Hall–Kier alpha value is -2.44. The van der Waals surface area contributed by atoms with Gasteiger partial charge in [-0.05, 0) is 48.4 Å². The highest BCUT2D eigenvalue weighted by molar-refractivity contribution is 6.00. The molecule has 1 aromatic carbocycles. The summed E-state index contributed by atoms with van der Waals surface area (Å²) in [6.45, 7) is 11.2. The Morgan fingerprint density at radius 3 is 2.42 bits per heavy atom. The summed E-state index contributed by atoms with van der Waals surface area (Å²) in [6, 6.07) is 5.62. The number of unbranched alkanes of at least 4 members (excludes halogenated alkanes) is 1. The Kier molecular flexibility index (Phi) is 8.60. The number of rotatable bonds is 9. The highest BCUT2D eigenvalue weighted by atomic mass is 19.1. The van der Waals surface area contributed by atoms with Crippen molar-refractivity contribution in [1.29, 1.82) is 0 Å². The van der Waals surface area contributed by atoms with E-state index in [1.54, 1.807) is 4.90 Å². The average Bonchev–Trinajstić information content (AvgIpc) is 3.05. The first kappa shape index (κ1) is 24.8. The molecule has 1 saturated heterocycles. The number of carbonyl (C=O) groups excluding carboxylic acids is 3. The summed E-state index contributed by atoms with van der Waals surface area (Å²) in [5.41, 5.74) is 0.695. The van der Waals surface area contributed by atoms with E-state index in [-0.39, 0.29) is 54.6 Å². The molecule has 2 rings (SSSR count). The molecule has 1 aliphatic heterocycles. The van der Waals surface area contributed by atoms with Crippen molar-refractivity contribution in [3.8, 4) is 0 Å². The molecular formula is C24H36FN3O3. The summed E-state index contributed by atoms with van der Waals surface area (Å²) in [7, 11) is 0. The van der Waals surface area contributed by atoms with Crippen LogP contribution >= 0.6 is 0 Å². The molecule has 31 heavy (non-hydrogen) atoms. The number of carbonyl (C=O) groups is 3. The van der Waals surface area contributed by atoms with Crippen LogP contribution in [0.2, 0.25) is 0 Å². The third kappa shape index (κ3) is 7.64. The van der Waals surface area contributed by atoms with Crippen LogP contribution in [0.4, 0.5) is 10.1 Å². The van der Waals surface area contributed by atoms with Crippen LogP contribution in [0.3, 0.4) is 0 Å². The minimum absolute atomic E-state index is 0.0144. The molecule has 1 aliphatic rings. The van der Waals surface area contributed by atoms with Gasteiger partial charge >= 0.3 is 0 Å². The summed E-state index contributed by atoms with van der Waals surface area (Å²) in [6.07, 6.45) is 3.10. The van der Waals surface area contributed by atoms with Gasteiger partial charge in [-0.3, -0.25) is 19.3 Å². The Morgan fingerprint density at radius 1 is 1.19 bits per heavy atom. The summed E-state index contributed by atoms with van der Waals surface area (Å²) in [4.78, 5) is 42.8. The molecule has 7 heteroatoms. The van der Waals surface area contributed by atoms with Crippen molar-refractivity contribution in [1.82, 2.24) is 9.80 Å². The number of halogens is 1. The van der Waals surface area contributed by atoms with Crippen LogP contribution in [-0.2, 0) is 14.4 Å². The normalized spacial score (nSPS) is 15.4. The molecule has 6 nitrogen and oxygen atoms in total. The smallest absolute Gasteiger partial charge is 0.248 e. The van der Waals surface area contributed by atoms with Crippen molar-refractivity contribution in [2.75, 3.05) is 31.2 Å². The van der Waals surface area contributed by atoms with E-state index in [0.29, 0.717) is 18.7 Å². The SMILES string of the molecule is CCCCN(CC(=O)N1CC(=O)N(c2ccc(F)cc2)C1)C(=O)C[C@H](C)CC(C)(C)C. The molecule has 0 spiro atoms. The molecule has 1 heterocycles. The molecule has 0 aliphatic carbocycles. The van der Waals surface area contributed by atoms with E-state index in [1.165, 1.54) is 34.1 Å². The lowest BCUT2D eigenvalue weighted by Gasteiger charge is -2.28. The predicted octanol–water partition coefficient (Wildman–Crippen LogP) is 4.05. The highest BCUT2D eigenvalue weighted by Gasteiger charge is 2.33. The zero-order chi connectivity index (χ0) is 23.2.